The van der Waals surface area contributed by atoms with Crippen molar-refractivity contribution >= 4 is 5.97 Å². The van der Waals surface area contributed by atoms with Crippen LogP contribution in [0.1, 0.15) is 66.7 Å². The molecule has 0 amide bonds. The number of ether oxygens (including phenoxy) is 2. The molecule has 0 aromatic carbocycles. The van der Waals surface area contributed by atoms with Crippen molar-refractivity contribution in [3.05, 3.63) is 11.6 Å². The van der Waals surface area contributed by atoms with Crippen LogP contribution in [0.3, 0.4) is 0 Å². The molecule has 2 aliphatic rings. The lowest BCUT2D eigenvalue weighted by atomic mass is 9.77. The first kappa shape index (κ1) is 15.6. The van der Waals surface area contributed by atoms with Gasteiger partial charge >= 0.3 is 5.97 Å². The molecule has 1 saturated heterocycles. The molecule has 114 valence electrons. The Morgan fingerprint density at radius 3 is 2.70 bits per heavy atom. The van der Waals surface area contributed by atoms with Gasteiger partial charge in [-0.15, -0.1) is 0 Å². The van der Waals surface area contributed by atoms with Crippen molar-refractivity contribution in [1.29, 1.82) is 0 Å². The molecule has 0 saturated carbocycles. The van der Waals surface area contributed by atoms with Crippen molar-refractivity contribution in [2.75, 3.05) is 0 Å². The Bertz CT molecular complexity index is 410. The summed E-state index contributed by atoms with van der Waals surface area (Å²) in [7, 11) is 0. The van der Waals surface area contributed by atoms with Gasteiger partial charge in [0.2, 0.25) is 0 Å². The Balaban J connectivity index is 2.02. The summed E-state index contributed by atoms with van der Waals surface area (Å²) in [6.45, 7) is 9.81. The lowest BCUT2D eigenvalue weighted by Gasteiger charge is -2.38. The van der Waals surface area contributed by atoms with Crippen LogP contribution in [0.4, 0.5) is 0 Å². The van der Waals surface area contributed by atoms with E-state index in [1.807, 2.05) is 13.8 Å². The van der Waals surface area contributed by atoms with Crippen LogP contribution in [0.2, 0.25) is 0 Å². The fourth-order valence-electron chi connectivity index (χ4n) is 3.61. The number of esters is 1. The van der Waals surface area contributed by atoms with Crippen LogP contribution in [0.15, 0.2) is 11.6 Å². The van der Waals surface area contributed by atoms with Gasteiger partial charge < -0.3 is 9.47 Å². The van der Waals surface area contributed by atoms with E-state index in [1.54, 1.807) is 0 Å². The monoisotopic (exact) mass is 280 g/mol. The van der Waals surface area contributed by atoms with Crippen molar-refractivity contribution < 1.29 is 14.3 Å². The van der Waals surface area contributed by atoms with E-state index >= 15 is 0 Å². The Labute approximate surface area is 122 Å². The quantitative estimate of drug-likeness (QED) is 0.579. The second-order valence-electron chi connectivity index (χ2n) is 7.18. The smallest absolute Gasteiger partial charge is 0.303 e. The molecule has 3 atom stereocenters. The maximum Gasteiger partial charge on any atom is 0.303 e. The molecule has 20 heavy (non-hydrogen) atoms. The van der Waals surface area contributed by atoms with Gasteiger partial charge in [-0.1, -0.05) is 11.6 Å². The molecule has 1 aliphatic heterocycles. The minimum atomic E-state index is -0.538. The number of allylic oxidation sites excluding steroid dienone is 2. The van der Waals surface area contributed by atoms with E-state index < -0.39 is 5.60 Å². The van der Waals surface area contributed by atoms with Crippen LogP contribution in [0.5, 0.6) is 0 Å². The van der Waals surface area contributed by atoms with Gasteiger partial charge in [0.1, 0.15) is 5.60 Å². The van der Waals surface area contributed by atoms with Crippen LogP contribution in [0, 0.1) is 5.92 Å². The first-order chi connectivity index (χ1) is 9.23. The summed E-state index contributed by atoms with van der Waals surface area (Å²) >= 11 is 0. The predicted molar refractivity (Wildman–Crippen MR) is 79.5 cm³/mol. The largest absolute Gasteiger partial charge is 0.457 e. The van der Waals surface area contributed by atoms with Crippen LogP contribution in [-0.4, -0.2) is 23.3 Å². The Hall–Kier alpha value is -0.830. The molecule has 2 rings (SSSR count). The van der Waals surface area contributed by atoms with Crippen molar-refractivity contribution in [3.8, 4) is 0 Å². The first-order valence-corrected chi connectivity index (χ1v) is 7.76. The van der Waals surface area contributed by atoms with Crippen LogP contribution in [0.25, 0.3) is 0 Å². The zero-order chi connectivity index (χ0) is 15.0. The van der Waals surface area contributed by atoms with E-state index in [0.29, 0.717) is 5.92 Å². The average molecular weight is 280 g/mol. The maximum absolute atomic E-state index is 11.2. The maximum atomic E-state index is 11.2. The third kappa shape index (κ3) is 3.25. The molecular formula is C17H28O3. The Morgan fingerprint density at radius 2 is 2.15 bits per heavy atom. The number of carbonyl (C=O) groups is 1. The highest BCUT2D eigenvalue weighted by Crippen LogP contribution is 2.45. The normalized spacial score (nSPS) is 34.8. The van der Waals surface area contributed by atoms with Gasteiger partial charge in [-0.2, -0.15) is 0 Å². The third-order valence-electron chi connectivity index (χ3n) is 5.00. The fraction of sp³-hybridized carbons (Fsp3) is 0.824. The van der Waals surface area contributed by atoms with E-state index in [-0.39, 0.29) is 17.7 Å². The van der Waals surface area contributed by atoms with Gasteiger partial charge in [-0.25, -0.2) is 0 Å². The van der Waals surface area contributed by atoms with Gasteiger partial charge in [-0.3, -0.25) is 4.79 Å². The van der Waals surface area contributed by atoms with Gasteiger partial charge in [0.15, 0.2) is 0 Å². The van der Waals surface area contributed by atoms with E-state index in [0.717, 1.165) is 19.3 Å². The zero-order valence-corrected chi connectivity index (χ0v) is 13.5. The van der Waals surface area contributed by atoms with Gasteiger partial charge in [-0.05, 0) is 65.7 Å². The van der Waals surface area contributed by atoms with Crippen molar-refractivity contribution in [1.82, 2.24) is 0 Å². The summed E-state index contributed by atoms with van der Waals surface area (Å²) in [5.41, 5.74) is 0.892. The molecule has 1 heterocycles. The number of hydrogen-bond acceptors (Lipinski definition) is 3. The zero-order valence-electron chi connectivity index (χ0n) is 13.5. The predicted octanol–water partition coefficient (Wildman–Crippen LogP) is 4.01. The highest BCUT2D eigenvalue weighted by Gasteiger charge is 2.48. The molecule has 3 nitrogen and oxygen atoms in total. The Morgan fingerprint density at radius 1 is 1.45 bits per heavy atom. The topological polar surface area (TPSA) is 35.5 Å². The van der Waals surface area contributed by atoms with E-state index in [4.69, 9.17) is 9.47 Å². The molecule has 0 N–H and O–H groups in total. The van der Waals surface area contributed by atoms with Gasteiger partial charge in [0.25, 0.3) is 0 Å². The summed E-state index contributed by atoms with van der Waals surface area (Å²) in [5.74, 6) is 0.354. The second-order valence-corrected chi connectivity index (χ2v) is 7.18. The van der Waals surface area contributed by atoms with Crippen LogP contribution >= 0.6 is 0 Å². The molecule has 0 aromatic heterocycles. The minimum absolute atomic E-state index is 0.00315. The molecule has 3 unspecified atom stereocenters. The van der Waals surface area contributed by atoms with E-state index in [2.05, 4.69) is 19.9 Å². The second kappa shape index (κ2) is 5.51. The summed E-state index contributed by atoms with van der Waals surface area (Å²) in [6, 6.07) is 0. The average Bonchev–Trinajstić information content (AvgIpc) is 2.73. The lowest BCUT2D eigenvalue weighted by molar-refractivity contribution is -0.179. The highest BCUT2D eigenvalue weighted by molar-refractivity contribution is 5.66. The number of rotatable bonds is 3. The molecule has 1 fully saturated rings. The summed E-state index contributed by atoms with van der Waals surface area (Å²) in [4.78, 5) is 11.2. The lowest BCUT2D eigenvalue weighted by Crippen LogP contribution is -2.44. The van der Waals surface area contributed by atoms with Crippen molar-refractivity contribution in [3.63, 3.8) is 0 Å². The molecule has 3 heteroatoms. The number of hydrogen-bond donors (Lipinski definition) is 0. The number of carbonyl (C=O) groups excluding carboxylic acids is 1. The minimum Gasteiger partial charge on any atom is -0.457 e. The molecular weight excluding hydrogens is 252 g/mol. The highest BCUT2D eigenvalue weighted by atomic mass is 16.6. The first-order valence-electron chi connectivity index (χ1n) is 7.76. The Kier molecular flexibility index (Phi) is 4.29. The van der Waals surface area contributed by atoms with Gasteiger partial charge in [0.05, 0.1) is 11.7 Å². The summed E-state index contributed by atoms with van der Waals surface area (Å²) in [6.07, 6.45) is 7.89. The molecule has 0 aromatic rings. The van der Waals surface area contributed by atoms with Gasteiger partial charge in [0, 0.05) is 6.92 Å². The SMILES string of the molecule is CC(=O)OC(C)(C)C1CCC(C)(C2CC=C(C)CC2)O1. The summed E-state index contributed by atoms with van der Waals surface area (Å²) < 4.78 is 11.8. The summed E-state index contributed by atoms with van der Waals surface area (Å²) in [5, 5.41) is 0. The van der Waals surface area contributed by atoms with E-state index in [1.165, 1.54) is 25.3 Å². The molecule has 0 spiro atoms. The van der Waals surface area contributed by atoms with Crippen LogP contribution < -0.4 is 0 Å². The molecule has 0 bridgehead atoms. The standard InChI is InChI=1S/C17H28O3/c1-12-6-8-14(9-7-12)17(5)11-10-15(20-17)16(3,4)19-13(2)18/h6,14-15H,7-11H2,1-5H3. The molecule has 0 radical (unpaired) electrons. The molecule has 1 aliphatic carbocycles. The van der Waals surface area contributed by atoms with Crippen molar-refractivity contribution in [2.24, 2.45) is 5.92 Å². The fourth-order valence-corrected chi connectivity index (χ4v) is 3.61. The van der Waals surface area contributed by atoms with Crippen LogP contribution in [-0.2, 0) is 14.3 Å². The third-order valence-corrected chi connectivity index (χ3v) is 5.00. The van der Waals surface area contributed by atoms with Crippen molar-refractivity contribution in [2.45, 2.75) is 84.0 Å². The van der Waals surface area contributed by atoms with E-state index in [9.17, 15) is 4.79 Å².